The SMILES string of the molecule is CCCCC(N)c1c[nH]c(=O)cc1C. The van der Waals surface area contributed by atoms with Crippen molar-refractivity contribution in [1.29, 1.82) is 0 Å². The molecule has 0 saturated carbocycles. The monoisotopic (exact) mass is 194 g/mol. The van der Waals surface area contributed by atoms with Crippen LogP contribution in [0, 0.1) is 6.92 Å². The van der Waals surface area contributed by atoms with Crippen LogP contribution in [0.15, 0.2) is 17.1 Å². The Labute approximate surface area is 84.3 Å². The van der Waals surface area contributed by atoms with Gasteiger partial charge in [0.2, 0.25) is 5.56 Å². The first-order valence-electron chi connectivity index (χ1n) is 5.10. The van der Waals surface area contributed by atoms with Crippen LogP contribution in [0.5, 0.6) is 0 Å². The molecule has 0 radical (unpaired) electrons. The molecule has 3 heteroatoms. The average Bonchev–Trinajstić information content (AvgIpc) is 2.14. The second-order valence-electron chi connectivity index (χ2n) is 3.68. The Morgan fingerprint density at radius 2 is 2.29 bits per heavy atom. The van der Waals surface area contributed by atoms with Crippen molar-refractivity contribution in [1.82, 2.24) is 4.98 Å². The lowest BCUT2D eigenvalue weighted by atomic mass is 10.00. The third-order valence-corrected chi connectivity index (χ3v) is 2.44. The van der Waals surface area contributed by atoms with E-state index in [1.807, 2.05) is 6.92 Å². The van der Waals surface area contributed by atoms with Gasteiger partial charge in [0.05, 0.1) is 0 Å². The maximum Gasteiger partial charge on any atom is 0.248 e. The van der Waals surface area contributed by atoms with E-state index >= 15 is 0 Å². The first-order valence-corrected chi connectivity index (χ1v) is 5.10. The van der Waals surface area contributed by atoms with Gasteiger partial charge in [-0.25, -0.2) is 0 Å². The standard InChI is InChI=1S/C11H18N2O/c1-3-4-5-10(12)9-7-13-11(14)6-8(9)2/h6-7,10H,3-5,12H2,1-2H3,(H,13,14). The number of nitrogens with two attached hydrogens (primary N) is 1. The second-order valence-corrected chi connectivity index (χ2v) is 3.68. The van der Waals surface area contributed by atoms with Gasteiger partial charge in [0, 0.05) is 18.3 Å². The molecule has 0 amide bonds. The van der Waals surface area contributed by atoms with Crippen molar-refractivity contribution >= 4 is 0 Å². The summed E-state index contributed by atoms with van der Waals surface area (Å²) < 4.78 is 0. The molecule has 1 atom stereocenters. The summed E-state index contributed by atoms with van der Waals surface area (Å²) in [5.41, 5.74) is 7.99. The van der Waals surface area contributed by atoms with Crippen LogP contribution >= 0.6 is 0 Å². The van der Waals surface area contributed by atoms with Crippen LogP contribution in [0.1, 0.15) is 43.4 Å². The Bertz CT molecular complexity index is 343. The van der Waals surface area contributed by atoms with Gasteiger partial charge in [0.25, 0.3) is 0 Å². The fraction of sp³-hybridized carbons (Fsp3) is 0.545. The van der Waals surface area contributed by atoms with E-state index in [1.54, 1.807) is 12.3 Å². The number of aromatic amines is 1. The Balaban J connectivity index is 2.79. The number of hydrogen-bond acceptors (Lipinski definition) is 2. The smallest absolute Gasteiger partial charge is 0.248 e. The Morgan fingerprint density at radius 1 is 1.57 bits per heavy atom. The predicted molar refractivity (Wildman–Crippen MR) is 58.3 cm³/mol. The van der Waals surface area contributed by atoms with Gasteiger partial charge in [-0.15, -0.1) is 0 Å². The van der Waals surface area contributed by atoms with Gasteiger partial charge >= 0.3 is 0 Å². The zero-order valence-electron chi connectivity index (χ0n) is 8.84. The lowest BCUT2D eigenvalue weighted by molar-refractivity contribution is 0.599. The molecule has 0 aliphatic carbocycles. The van der Waals surface area contributed by atoms with Crippen molar-refractivity contribution in [2.24, 2.45) is 5.73 Å². The largest absolute Gasteiger partial charge is 0.329 e. The maximum atomic E-state index is 11.0. The number of pyridine rings is 1. The summed E-state index contributed by atoms with van der Waals surface area (Å²) in [6.45, 7) is 4.07. The van der Waals surface area contributed by atoms with Crippen LogP contribution < -0.4 is 11.3 Å². The molecule has 1 rings (SSSR count). The van der Waals surface area contributed by atoms with Crippen LogP contribution in [0.3, 0.4) is 0 Å². The minimum atomic E-state index is -0.0612. The van der Waals surface area contributed by atoms with Crippen molar-refractivity contribution < 1.29 is 0 Å². The fourth-order valence-corrected chi connectivity index (χ4v) is 1.56. The van der Waals surface area contributed by atoms with E-state index in [-0.39, 0.29) is 11.6 Å². The number of unbranched alkanes of at least 4 members (excludes halogenated alkanes) is 1. The topological polar surface area (TPSA) is 58.9 Å². The molecule has 0 aromatic carbocycles. The average molecular weight is 194 g/mol. The Morgan fingerprint density at radius 3 is 2.86 bits per heavy atom. The van der Waals surface area contributed by atoms with Crippen LogP contribution in [0.2, 0.25) is 0 Å². The molecule has 14 heavy (non-hydrogen) atoms. The van der Waals surface area contributed by atoms with E-state index in [0.29, 0.717) is 0 Å². The van der Waals surface area contributed by atoms with E-state index in [1.165, 1.54) is 0 Å². The van der Waals surface area contributed by atoms with E-state index in [9.17, 15) is 4.79 Å². The van der Waals surface area contributed by atoms with Crippen LogP contribution in [0.4, 0.5) is 0 Å². The number of nitrogens with one attached hydrogen (secondary N) is 1. The first-order chi connectivity index (χ1) is 6.65. The highest BCUT2D eigenvalue weighted by Gasteiger charge is 2.08. The molecule has 1 heterocycles. The van der Waals surface area contributed by atoms with Gasteiger partial charge in [0.1, 0.15) is 0 Å². The van der Waals surface area contributed by atoms with E-state index in [4.69, 9.17) is 5.73 Å². The Kier molecular flexibility index (Phi) is 3.89. The summed E-state index contributed by atoms with van der Waals surface area (Å²) >= 11 is 0. The van der Waals surface area contributed by atoms with Gasteiger partial charge in [0.15, 0.2) is 0 Å². The van der Waals surface area contributed by atoms with Gasteiger partial charge < -0.3 is 10.7 Å². The number of aromatic nitrogens is 1. The van der Waals surface area contributed by atoms with Gasteiger partial charge in [-0.1, -0.05) is 19.8 Å². The van der Waals surface area contributed by atoms with E-state index < -0.39 is 0 Å². The van der Waals surface area contributed by atoms with Gasteiger partial charge in [-0.3, -0.25) is 4.79 Å². The van der Waals surface area contributed by atoms with E-state index in [2.05, 4.69) is 11.9 Å². The molecule has 3 nitrogen and oxygen atoms in total. The summed E-state index contributed by atoms with van der Waals surface area (Å²) in [7, 11) is 0. The lowest BCUT2D eigenvalue weighted by Gasteiger charge is -2.13. The van der Waals surface area contributed by atoms with Crippen LogP contribution in [-0.2, 0) is 0 Å². The highest BCUT2D eigenvalue weighted by atomic mass is 16.1. The summed E-state index contributed by atoms with van der Waals surface area (Å²) in [5.74, 6) is 0. The molecule has 0 aliphatic heterocycles. The molecule has 1 unspecified atom stereocenters. The third kappa shape index (κ3) is 2.70. The highest BCUT2D eigenvalue weighted by molar-refractivity contribution is 5.24. The minimum absolute atomic E-state index is 0.0480. The van der Waals surface area contributed by atoms with Crippen LogP contribution in [-0.4, -0.2) is 4.98 Å². The molecular weight excluding hydrogens is 176 g/mol. The zero-order chi connectivity index (χ0) is 10.6. The summed E-state index contributed by atoms with van der Waals surface area (Å²) in [5, 5.41) is 0. The normalized spacial score (nSPS) is 12.8. The third-order valence-electron chi connectivity index (χ3n) is 2.44. The molecule has 3 N–H and O–H groups in total. The quantitative estimate of drug-likeness (QED) is 0.768. The summed E-state index contributed by atoms with van der Waals surface area (Å²) in [6.07, 6.45) is 4.98. The van der Waals surface area contributed by atoms with Crippen molar-refractivity contribution in [2.45, 2.75) is 39.2 Å². The number of aryl methyl sites for hydroxylation is 1. The highest BCUT2D eigenvalue weighted by Crippen LogP contribution is 2.17. The fourth-order valence-electron chi connectivity index (χ4n) is 1.56. The summed E-state index contributed by atoms with van der Waals surface area (Å²) in [4.78, 5) is 13.6. The maximum absolute atomic E-state index is 11.0. The number of hydrogen-bond donors (Lipinski definition) is 2. The molecule has 0 aliphatic rings. The molecule has 1 aromatic rings. The predicted octanol–water partition coefficient (Wildman–Crippen LogP) is 1.87. The van der Waals surface area contributed by atoms with Gasteiger partial charge in [-0.2, -0.15) is 0 Å². The lowest BCUT2D eigenvalue weighted by Crippen LogP contribution is -2.15. The zero-order valence-corrected chi connectivity index (χ0v) is 8.84. The summed E-state index contributed by atoms with van der Waals surface area (Å²) in [6, 6.07) is 1.65. The van der Waals surface area contributed by atoms with Crippen molar-refractivity contribution in [2.75, 3.05) is 0 Å². The van der Waals surface area contributed by atoms with Crippen LogP contribution in [0.25, 0.3) is 0 Å². The Hall–Kier alpha value is -1.09. The number of H-pyrrole nitrogens is 1. The molecular formula is C11H18N2O. The second kappa shape index (κ2) is 4.96. The molecule has 1 aromatic heterocycles. The van der Waals surface area contributed by atoms with E-state index in [0.717, 1.165) is 30.4 Å². The molecule has 0 bridgehead atoms. The van der Waals surface area contributed by atoms with Crippen molar-refractivity contribution in [3.8, 4) is 0 Å². The molecule has 0 fully saturated rings. The van der Waals surface area contributed by atoms with Gasteiger partial charge in [-0.05, 0) is 24.5 Å². The number of rotatable bonds is 4. The molecule has 0 saturated heterocycles. The van der Waals surface area contributed by atoms with Crippen molar-refractivity contribution in [3.63, 3.8) is 0 Å². The first kappa shape index (κ1) is 11.0. The molecule has 78 valence electrons. The minimum Gasteiger partial charge on any atom is -0.329 e. The van der Waals surface area contributed by atoms with Crippen molar-refractivity contribution in [3.05, 3.63) is 33.7 Å². The molecule has 0 spiro atoms.